The van der Waals surface area contributed by atoms with Crippen LogP contribution in [0.25, 0.3) is 23.0 Å². The Bertz CT molecular complexity index is 807. The summed E-state index contributed by atoms with van der Waals surface area (Å²) in [6, 6.07) is 7.14. The van der Waals surface area contributed by atoms with Crippen LogP contribution in [0.4, 0.5) is 0 Å². The molecule has 0 aliphatic heterocycles. The zero-order chi connectivity index (χ0) is 16.2. The van der Waals surface area contributed by atoms with Gasteiger partial charge >= 0.3 is 0 Å². The highest BCUT2D eigenvalue weighted by atomic mass is 35.5. The van der Waals surface area contributed by atoms with Crippen molar-refractivity contribution in [3.63, 3.8) is 0 Å². The number of nitrogens with zero attached hydrogens (tertiary/aromatic N) is 4. The molecule has 0 bridgehead atoms. The predicted molar refractivity (Wildman–Crippen MR) is 91.8 cm³/mol. The summed E-state index contributed by atoms with van der Waals surface area (Å²) < 4.78 is 5.69. The average Bonchev–Trinajstić information content (AvgIpc) is 3.04. The highest BCUT2D eigenvalue weighted by molar-refractivity contribution is 7.99. The summed E-state index contributed by atoms with van der Waals surface area (Å²) in [5, 5.41) is 9.73. The molecular formula is C15H12Cl2N4OS. The normalized spacial score (nSPS) is 10.9. The standard InChI is InChI=1S/C15H12Cl2N4OS/c1-2-7-23-15-18-8-11(17)12(19-15)14-21-20-13(22-14)9-3-5-10(16)6-4-9/h3-6,8H,2,7H2,1H3. The van der Waals surface area contributed by atoms with Gasteiger partial charge in [-0.2, -0.15) is 0 Å². The van der Waals surface area contributed by atoms with E-state index in [4.69, 9.17) is 27.6 Å². The number of aromatic nitrogens is 4. The first-order chi connectivity index (χ1) is 11.2. The number of hydrogen-bond donors (Lipinski definition) is 0. The molecule has 0 aliphatic carbocycles. The SMILES string of the molecule is CCCSc1ncc(Cl)c(-c2nnc(-c3ccc(Cl)cc3)o2)n1. The first-order valence-electron chi connectivity index (χ1n) is 6.92. The molecule has 0 amide bonds. The van der Waals surface area contributed by atoms with Gasteiger partial charge in [0.15, 0.2) is 10.9 Å². The lowest BCUT2D eigenvalue weighted by Gasteiger charge is -2.01. The highest BCUT2D eigenvalue weighted by Gasteiger charge is 2.16. The zero-order valence-corrected chi connectivity index (χ0v) is 14.5. The van der Waals surface area contributed by atoms with E-state index in [1.54, 1.807) is 30.1 Å². The first kappa shape index (κ1) is 16.2. The summed E-state index contributed by atoms with van der Waals surface area (Å²) in [6.07, 6.45) is 2.58. The monoisotopic (exact) mass is 366 g/mol. The van der Waals surface area contributed by atoms with Gasteiger partial charge in [-0.15, -0.1) is 10.2 Å². The van der Waals surface area contributed by atoms with Gasteiger partial charge in [0.25, 0.3) is 5.89 Å². The molecule has 0 saturated heterocycles. The number of rotatable bonds is 5. The van der Waals surface area contributed by atoms with E-state index in [0.717, 1.165) is 17.7 Å². The van der Waals surface area contributed by atoms with Crippen LogP contribution in [0.5, 0.6) is 0 Å². The molecule has 0 aliphatic rings. The lowest BCUT2D eigenvalue weighted by atomic mass is 10.2. The maximum absolute atomic E-state index is 6.16. The summed E-state index contributed by atoms with van der Waals surface area (Å²) in [5.74, 6) is 1.58. The Hall–Kier alpha value is -1.63. The second kappa shape index (κ2) is 7.29. The molecule has 23 heavy (non-hydrogen) atoms. The van der Waals surface area contributed by atoms with Crippen molar-refractivity contribution >= 4 is 35.0 Å². The molecule has 3 rings (SSSR count). The van der Waals surface area contributed by atoms with Crippen LogP contribution in [0.1, 0.15) is 13.3 Å². The third-order valence-electron chi connectivity index (χ3n) is 2.88. The second-order valence-electron chi connectivity index (χ2n) is 4.62. The number of halogens is 2. The molecule has 2 heterocycles. The minimum Gasteiger partial charge on any atom is -0.415 e. The molecule has 8 heteroatoms. The van der Waals surface area contributed by atoms with Gasteiger partial charge in [-0.1, -0.05) is 41.9 Å². The van der Waals surface area contributed by atoms with Gasteiger partial charge in [-0.05, 0) is 30.7 Å². The quantitative estimate of drug-likeness (QED) is 0.467. The van der Waals surface area contributed by atoms with Gasteiger partial charge in [-0.3, -0.25) is 0 Å². The maximum atomic E-state index is 6.16. The average molecular weight is 367 g/mol. The predicted octanol–water partition coefficient (Wildman–Crippen LogP) is 5.00. The van der Waals surface area contributed by atoms with Crippen molar-refractivity contribution in [3.05, 3.63) is 40.5 Å². The third-order valence-corrected chi connectivity index (χ3v) is 4.47. The van der Waals surface area contributed by atoms with Gasteiger partial charge in [0.2, 0.25) is 5.89 Å². The van der Waals surface area contributed by atoms with E-state index in [0.29, 0.717) is 26.8 Å². The van der Waals surface area contributed by atoms with E-state index in [2.05, 4.69) is 27.1 Å². The van der Waals surface area contributed by atoms with Crippen molar-refractivity contribution < 1.29 is 4.42 Å². The van der Waals surface area contributed by atoms with Crippen LogP contribution in [0, 0.1) is 0 Å². The van der Waals surface area contributed by atoms with Crippen LogP contribution in [-0.4, -0.2) is 25.9 Å². The van der Waals surface area contributed by atoms with Gasteiger partial charge in [0.1, 0.15) is 0 Å². The van der Waals surface area contributed by atoms with Crippen LogP contribution in [0.2, 0.25) is 10.0 Å². The molecule has 0 radical (unpaired) electrons. The summed E-state index contributed by atoms with van der Waals surface area (Å²) in [4.78, 5) is 8.60. The summed E-state index contributed by atoms with van der Waals surface area (Å²) in [6.45, 7) is 2.10. The summed E-state index contributed by atoms with van der Waals surface area (Å²) >= 11 is 13.6. The van der Waals surface area contributed by atoms with E-state index < -0.39 is 0 Å². The molecule has 0 fully saturated rings. The maximum Gasteiger partial charge on any atom is 0.268 e. The van der Waals surface area contributed by atoms with E-state index in [1.165, 1.54) is 0 Å². The minimum atomic E-state index is 0.265. The van der Waals surface area contributed by atoms with Crippen molar-refractivity contribution in [1.82, 2.24) is 20.2 Å². The fourth-order valence-corrected chi connectivity index (χ4v) is 2.76. The Morgan fingerprint density at radius 1 is 1.09 bits per heavy atom. The van der Waals surface area contributed by atoms with E-state index in [-0.39, 0.29) is 5.89 Å². The smallest absolute Gasteiger partial charge is 0.268 e. The first-order valence-corrected chi connectivity index (χ1v) is 8.66. The third kappa shape index (κ3) is 3.83. The molecule has 5 nitrogen and oxygen atoms in total. The molecule has 0 spiro atoms. The lowest BCUT2D eigenvalue weighted by Crippen LogP contribution is -1.92. The molecule has 0 saturated carbocycles. The van der Waals surface area contributed by atoms with Crippen molar-refractivity contribution in [2.45, 2.75) is 18.5 Å². The summed E-state index contributed by atoms with van der Waals surface area (Å²) in [7, 11) is 0. The Kier molecular flexibility index (Phi) is 5.15. The molecule has 3 aromatic rings. The van der Waals surface area contributed by atoms with Gasteiger partial charge in [0.05, 0.1) is 11.2 Å². The van der Waals surface area contributed by atoms with E-state index >= 15 is 0 Å². The fourth-order valence-electron chi connectivity index (χ4n) is 1.79. The van der Waals surface area contributed by atoms with Gasteiger partial charge in [-0.25, -0.2) is 9.97 Å². The Labute approximate surface area is 147 Å². The lowest BCUT2D eigenvalue weighted by molar-refractivity contribution is 0.581. The van der Waals surface area contributed by atoms with Crippen molar-refractivity contribution in [2.75, 3.05) is 5.75 Å². The molecular weight excluding hydrogens is 355 g/mol. The van der Waals surface area contributed by atoms with Crippen LogP contribution in [0.15, 0.2) is 40.0 Å². The Morgan fingerprint density at radius 3 is 2.57 bits per heavy atom. The molecule has 118 valence electrons. The molecule has 2 aromatic heterocycles. The highest BCUT2D eigenvalue weighted by Crippen LogP contribution is 2.29. The zero-order valence-electron chi connectivity index (χ0n) is 12.2. The molecule has 0 N–H and O–H groups in total. The minimum absolute atomic E-state index is 0.265. The van der Waals surface area contributed by atoms with Gasteiger partial charge < -0.3 is 4.42 Å². The largest absolute Gasteiger partial charge is 0.415 e. The van der Waals surface area contributed by atoms with Crippen LogP contribution in [0.3, 0.4) is 0 Å². The van der Waals surface area contributed by atoms with E-state index in [1.807, 2.05) is 12.1 Å². The number of hydrogen-bond acceptors (Lipinski definition) is 6. The van der Waals surface area contributed by atoms with Crippen molar-refractivity contribution in [2.24, 2.45) is 0 Å². The molecule has 0 unspecified atom stereocenters. The molecule has 1 aromatic carbocycles. The van der Waals surface area contributed by atoms with Crippen molar-refractivity contribution in [1.29, 1.82) is 0 Å². The second-order valence-corrected chi connectivity index (χ2v) is 6.52. The molecule has 0 atom stereocenters. The van der Waals surface area contributed by atoms with E-state index in [9.17, 15) is 0 Å². The topological polar surface area (TPSA) is 64.7 Å². The van der Waals surface area contributed by atoms with Crippen molar-refractivity contribution in [3.8, 4) is 23.0 Å². The Morgan fingerprint density at radius 2 is 1.83 bits per heavy atom. The van der Waals surface area contributed by atoms with Crippen LogP contribution >= 0.6 is 35.0 Å². The summed E-state index contributed by atoms with van der Waals surface area (Å²) in [5.41, 5.74) is 1.21. The number of thioether (sulfide) groups is 1. The fraction of sp³-hybridized carbons (Fsp3) is 0.200. The van der Waals surface area contributed by atoms with Crippen LogP contribution < -0.4 is 0 Å². The Balaban J connectivity index is 1.92. The number of benzene rings is 1. The van der Waals surface area contributed by atoms with Crippen LogP contribution in [-0.2, 0) is 0 Å². The van der Waals surface area contributed by atoms with Gasteiger partial charge in [0, 0.05) is 16.3 Å².